The number of rotatable bonds is 5. The Morgan fingerprint density at radius 3 is 2.64 bits per heavy atom. The summed E-state index contributed by atoms with van der Waals surface area (Å²) in [7, 11) is 1.61. The lowest BCUT2D eigenvalue weighted by Crippen LogP contribution is -2.45. The monoisotopic (exact) mass is 359 g/mol. The lowest BCUT2D eigenvalue weighted by Gasteiger charge is -2.10. The van der Waals surface area contributed by atoms with Gasteiger partial charge < -0.3 is 10.1 Å². The molecule has 2 aromatic carbocycles. The first-order chi connectivity index (χ1) is 12.1. The number of ether oxygens (including phenoxy) is 1. The Morgan fingerprint density at radius 2 is 1.96 bits per heavy atom. The summed E-state index contributed by atoms with van der Waals surface area (Å²) in [6.45, 7) is 0.505. The van der Waals surface area contributed by atoms with E-state index >= 15 is 0 Å². The van der Waals surface area contributed by atoms with Crippen molar-refractivity contribution in [3.63, 3.8) is 0 Å². The third-order valence-corrected chi connectivity index (χ3v) is 3.43. The van der Waals surface area contributed by atoms with Crippen LogP contribution in [0.15, 0.2) is 54.6 Å². The zero-order chi connectivity index (χ0) is 18.1. The quantitative estimate of drug-likeness (QED) is 0.435. The normalized spacial score (nSPS) is 10.3. The minimum absolute atomic E-state index is 0.281. The van der Waals surface area contributed by atoms with Crippen LogP contribution in [0.5, 0.6) is 5.75 Å². The fourth-order valence-corrected chi connectivity index (χ4v) is 2.04. The molecule has 130 valence electrons. The standard InChI is InChI=1S/C18H18FN3O2S/c1-24-16-8-5-14(6-9-16)12-20-18(25)22-21-17(23)10-7-13-3-2-4-15(19)11-13/h2-11H,12H2,1H3,(H,21,23)(H2,20,22,25)/b10-7+. The van der Waals surface area contributed by atoms with Crippen molar-refractivity contribution in [2.75, 3.05) is 7.11 Å². The maximum absolute atomic E-state index is 13.0. The number of benzene rings is 2. The number of halogens is 1. The fourth-order valence-electron chi connectivity index (χ4n) is 1.91. The molecule has 1 amide bonds. The first kappa shape index (κ1) is 18.4. The van der Waals surface area contributed by atoms with Crippen LogP contribution in [0.1, 0.15) is 11.1 Å². The Labute approximate surface area is 150 Å². The van der Waals surface area contributed by atoms with Crippen molar-refractivity contribution in [1.82, 2.24) is 16.2 Å². The highest BCUT2D eigenvalue weighted by Crippen LogP contribution is 2.10. The number of thiocarbonyl (C=S) groups is 1. The van der Waals surface area contributed by atoms with Gasteiger partial charge in [-0.15, -0.1) is 0 Å². The highest BCUT2D eigenvalue weighted by atomic mass is 32.1. The summed E-state index contributed by atoms with van der Waals surface area (Å²) in [6, 6.07) is 13.5. The van der Waals surface area contributed by atoms with Crippen molar-refractivity contribution in [3.8, 4) is 5.75 Å². The van der Waals surface area contributed by atoms with Gasteiger partial charge in [-0.2, -0.15) is 0 Å². The maximum Gasteiger partial charge on any atom is 0.262 e. The summed E-state index contributed by atoms with van der Waals surface area (Å²) in [5.74, 6) is 0.0178. The lowest BCUT2D eigenvalue weighted by molar-refractivity contribution is -0.116. The van der Waals surface area contributed by atoms with E-state index in [9.17, 15) is 9.18 Å². The zero-order valence-corrected chi connectivity index (χ0v) is 14.4. The largest absolute Gasteiger partial charge is 0.497 e. The SMILES string of the molecule is COc1ccc(CNC(=S)NNC(=O)/C=C/c2cccc(F)c2)cc1. The molecule has 0 fully saturated rings. The third kappa shape index (κ3) is 6.60. The van der Waals surface area contributed by atoms with Gasteiger partial charge in [-0.25, -0.2) is 4.39 Å². The van der Waals surface area contributed by atoms with Crippen LogP contribution >= 0.6 is 12.2 Å². The van der Waals surface area contributed by atoms with Gasteiger partial charge in [0.25, 0.3) is 5.91 Å². The lowest BCUT2D eigenvalue weighted by atomic mass is 10.2. The van der Waals surface area contributed by atoms with E-state index in [1.807, 2.05) is 24.3 Å². The van der Waals surface area contributed by atoms with Crippen LogP contribution in [-0.4, -0.2) is 18.1 Å². The molecule has 0 unspecified atom stereocenters. The van der Waals surface area contributed by atoms with Gasteiger partial charge in [0, 0.05) is 12.6 Å². The third-order valence-electron chi connectivity index (χ3n) is 3.19. The molecule has 2 rings (SSSR count). The van der Waals surface area contributed by atoms with Crippen molar-refractivity contribution in [3.05, 3.63) is 71.6 Å². The Morgan fingerprint density at radius 1 is 1.20 bits per heavy atom. The summed E-state index contributed by atoms with van der Waals surface area (Å²) in [6.07, 6.45) is 2.79. The molecular formula is C18H18FN3O2S. The Balaban J connectivity index is 1.72. The molecule has 25 heavy (non-hydrogen) atoms. The first-order valence-electron chi connectivity index (χ1n) is 7.47. The average molecular weight is 359 g/mol. The minimum atomic E-state index is -0.405. The Hall–Kier alpha value is -2.93. The molecule has 7 heteroatoms. The molecule has 0 saturated heterocycles. The van der Waals surface area contributed by atoms with Crippen LogP contribution < -0.4 is 20.9 Å². The van der Waals surface area contributed by atoms with Gasteiger partial charge in [-0.3, -0.25) is 15.6 Å². The molecule has 0 atom stereocenters. The van der Waals surface area contributed by atoms with Crippen LogP contribution in [-0.2, 0) is 11.3 Å². The second-order valence-corrected chi connectivity index (χ2v) is 5.44. The van der Waals surface area contributed by atoms with Crippen molar-refractivity contribution in [2.45, 2.75) is 6.54 Å². The van der Waals surface area contributed by atoms with Gasteiger partial charge in [0.05, 0.1) is 7.11 Å². The minimum Gasteiger partial charge on any atom is -0.497 e. The molecule has 3 N–H and O–H groups in total. The molecule has 0 aliphatic carbocycles. The maximum atomic E-state index is 13.0. The van der Waals surface area contributed by atoms with Crippen molar-refractivity contribution >= 4 is 29.3 Å². The number of carbonyl (C=O) groups excluding carboxylic acids is 1. The highest BCUT2D eigenvalue weighted by Gasteiger charge is 2.00. The van der Waals surface area contributed by atoms with E-state index in [0.29, 0.717) is 12.1 Å². The molecule has 0 spiro atoms. The van der Waals surface area contributed by atoms with Gasteiger partial charge in [0.15, 0.2) is 5.11 Å². The van der Waals surface area contributed by atoms with Crippen LogP contribution in [0.3, 0.4) is 0 Å². The van der Waals surface area contributed by atoms with E-state index < -0.39 is 5.91 Å². The second kappa shape index (κ2) is 9.39. The number of nitrogens with one attached hydrogen (secondary N) is 3. The van der Waals surface area contributed by atoms with E-state index in [1.165, 1.54) is 24.3 Å². The predicted octanol–water partition coefficient (Wildman–Crippen LogP) is 2.54. The van der Waals surface area contributed by atoms with Gasteiger partial charge in [0.1, 0.15) is 11.6 Å². The van der Waals surface area contributed by atoms with E-state index in [0.717, 1.165) is 11.3 Å². The summed E-state index contributed by atoms with van der Waals surface area (Å²) in [5, 5.41) is 3.25. The van der Waals surface area contributed by atoms with E-state index in [2.05, 4.69) is 16.2 Å². The smallest absolute Gasteiger partial charge is 0.262 e. The van der Waals surface area contributed by atoms with Crippen LogP contribution in [0.4, 0.5) is 4.39 Å². The van der Waals surface area contributed by atoms with Gasteiger partial charge in [0.2, 0.25) is 0 Å². The van der Waals surface area contributed by atoms with E-state index in [1.54, 1.807) is 19.2 Å². The number of hydrogen-bond acceptors (Lipinski definition) is 3. The van der Waals surface area contributed by atoms with E-state index in [4.69, 9.17) is 17.0 Å². The van der Waals surface area contributed by atoms with Crippen molar-refractivity contribution in [2.24, 2.45) is 0 Å². The number of amides is 1. The molecular weight excluding hydrogens is 341 g/mol. The average Bonchev–Trinajstić information content (AvgIpc) is 2.63. The highest BCUT2D eigenvalue weighted by molar-refractivity contribution is 7.80. The van der Waals surface area contributed by atoms with Gasteiger partial charge >= 0.3 is 0 Å². The first-order valence-corrected chi connectivity index (χ1v) is 7.88. The summed E-state index contributed by atoms with van der Waals surface area (Å²) < 4.78 is 18.1. The Kier molecular flexibility index (Phi) is 6.91. The van der Waals surface area contributed by atoms with E-state index in [-0.39, 0.29) is 10.9 Å². The fraction of sp³-hybridized carbons (Fsp3) is 0.111. The molecule has 0 aliphatic rings. The van der Waals surface area contributed by atoms with Gasteiger partial charge in [-0.1, -0.05) is 24.3 Å². The van der Waals surface area contributed by atoms with Crippen molar-refractivity contribution in [1.29, 1.82) is 0 Å². The van der Waals surface area contributed by atoms with Crippen LogP contribution in [0.25, 0.3) is 6.08 Å². The van der Waals surface area contributed by atoms with Gasteiger partial charge in [-0.05, 0) is 53.7 Å². The molecule has 2 aromatic rings. The molecule has 0 bridgehead atoms. The summed E-state index contributed by atoms with van der Waals surface area (Å²) >= 11 is 5.08. The molecule has 0 aromatic heterocycles. The Bertz CT molecular complexity index is 763. The number of hydrogen-bond donors (Lipinski definition) is 3. The number of carbonyl (C=O) groups is 1. The molecule has 0 radical (unpaired) electrons. The second-order valence-electron chi connectivity index (χ2n) is 5.03. The van der Waals surface area contributed by atoms with Crippen LogP contribution in [0, 0.1) is 5.82 Å². The van der Waals surface area contributed by atoms with Crippen molar-refractivity contribution < 1.29 is 13.9 Å². The summed E-state index contributed by atoms with van der Waals surface area (Å²) in [4.78, 5) is 11.7. The topological polar surface area (TPSA) is 62.4 Å². The predicted molar refractivity (Wildman–Crippen MR) is 99.1 cm³/mol. The molecule has 0 heterocycles. The molecule has 5 nitrogen and oxygen atoms in total. The van der Waals surface area contributed by atoms with Crippen LogP contribution in [0.2, 0.25) is 0 Å². The molecule has 0 aliphatic heterocycles. The number of hydrazine groups is 1. The zero-order valence-electron chi connectivity index (χ0n) is 13.6. The summed E-state index contributed by atoms with van der Waals surface area (Å²) in [5.41, 5.74) is 6.63. The molecule has 0 saturated carbocycles. The number of methoxy groups -OCH3 is 1.